The van der Waals surface area contributed by atoms with Crippen LogP contribution in [0.3, 0.4) is 0 Å². The lowest BCUT2D eigenvalue weighted by molar-refractivity contribution is -0.117. The molecule has 0 saturated heterocycles. The zero-order valence-electron chi connectivity index (χ0n) is 7.60. The molecule has 14 heavy (non-hydrogen) atoms. The topological polar surface area (TPSA) is 64.7 Å². The lowest BCUT2D eigenvalue weighted by Gasteiger charge is -2.11. The standard InChI is InChI=1S/C9H10N2OS2/c10-5-13-7-3-1-2-4-8(9(7)12)14-6-11/h7-8H,1-4H2/t7-,8-/m1/s1. The van der Waals surface area contributed by atoms with Crippen LogP contribution in [-0.2, 0) is 4.79 Å². The summed E-state index contributed by atoms with van der Waals surface area (Å²) >= 11 is 2.07. The number of thiocyanates is 2. The fourth-order valence-electron chi connectivity index (χ4n) is 1.51. The minimum atomic E-state index is -0.214. The van der Waals surface area contributed by atoms with Gasteiger partial charge in [0.2, 0.25) is 0 Å². The lowest BCUT2D eigenvalue weighted by atomic mass is 10.2. The van der Waals surface area contributed by atoms with E-state index in [4.69, 9.17) is 10.5 Å². The minimum absolute atomic E-state index is 0.0700. The molecule has 0 spiro atoms. The lowest BCUT2D eigenvalue weighted by Crippen LogP contribution is -2.25. The number of ketones is 1. The van der Waals surface area contributed by atoms with Crippen LogP contribution in [-0.4, -0.2) is 16.3 Å². The van der Waals surface area contributed by atoms with Crippen LogP contribution in [0.1, 0.15) is 25.7 Å². The summed E-state index contributed by atoms with van der Waals surface area (Å²) in [5.41, 5.74) is 0. The molecule has 1 aliphatic carbocycles. The quantitative estimate of drug-likeness (QED) is 0.534. The van der Waals surface area contributed by atoms with Crippen LogP contribution in [0.25, 0.3) is 0 Å². The summed E-state index contributed by atoms with van der Waals surface area (Å²) in [6, 6.07) is 0. The maximum atomic E-state index is 11.8. The molecule has 0 aromatic carbocycles. The molecule has 0 amide bonds. The van der Waals surface area contributed by atoms with Gasteiger partial charge in [0.1, 0.15) is 10.8 Å². The van der Waals surface area contributed by atoms with Gasteiger partial charge in [0.25, 0.3) is 0 Å². The number of carbonyl (C=O) groups excluding carboxylic acids is 1. The molecule has 0 aromatic rings. The second-order valence-corrected chi connectivity index (χ2v) is 5.06. The number of carbonyl (C=O) groups is 1. The normalized spacial score (nSPS) is 27.4. The third-order valence-corrected chi connectivity index (χ3v) is 3.92. The van der Waals surface area contributed by atoms with E-state index in [2.05, 4.69) is 0 Å². The largest absolute Gasteiger partial charge is 0.297 e. The Balaban J connectivity index is 2.66. The van der Waals surface area contributed by atoms with Crippen molar-refractivity contribution in [3.63, 3.8) is 0 Å². The molecule has 0 aromatic heterocycles. The zero-order valence-corrected chi connectivity index (χ0v) is 9.24. The van der Waals surface area contributed by atoms with E-state index in [1.54, 1.807) is 0 Å². The Kier molecular flexibility index (Phi) is 4.86. The predicted octanol–water partition coefficient (Wildman–Crippen LogP) is 2.30. The summed E-state index contributed by atoms with van der Waals surface area (Å²) in [4.78, 5) is 11.8. The van der Waals surface area contributed by atoms with Gasteiger partial charge in [-0.15, -0.1) is 0 Å². The van der Waals surface area contributed by atoms with Crippen LogP contribution in [0.2, 0.25) is 0 Å². The first-order valence-electron chi connectivity index (χ1n) is 4.42. The molecule has 1 saturated carbocycles. The summed E-state index contributed by atoms with van der Waals surface area (Å²) in [5, 5.41) is 20.6. The van der Waals surface area contributed by atoms with Gasteiger partial charge in [0.05, 0.1) is 10.5 Å². The van der Waals surface area contributed by atoms with E-state index in [-0.39, 0.29) is 16.3 Å². The summed E-state index contributed by atoms with van der Waals surface area (Å²) in [6.07, 6.45) is 3.51. The molecule has 0 bridgehead atoms. The molecule has 0 unspecified atom stereocenters. The first-order valence-corrected chi connectivity index (χ1v) is 6.18. The maximum absolute atomic E-state index is 11.8. The number of hydrogen-bond donors (Lipinski definition) is 0. The van der Waals surface area contributed by atoms with Crippen molar-refractivity contribution in [2.75, 3.05) is 0 Å². The predicted molar refractivity (Wildman–Crippen MR) is 57.5 cm³/mol. The minimum Gasteiger partial charge on any atom is -0.297 e. The molecule has 1 fully saturated rings. The summed E-state index contributed by atoms with van der Waals surface area (Å²) in [7, 11) is 0. The van der Waals surface area contributed by atoms with Crippen molar-refractivity contribution in [3.05, 3.63) is 0 Å². The molecule has 5 heteroatoms. The Hall–Kier alpha value is -0.650. The molecule has 0 radical (unpaired) electrons. The number of nitrogens with zero attached hydrogens (tertiary/aromatic N) is 2. The second kappa shape index (κ2) is 5.95. The highest BCUT2D eigenvalue weighted by atomic mass is 32.2. The Morgan fingerprint density at radius 3 is 1.86 bits per heavy atom. The van der Waals surface area contributed by atoms with Crippen LogP contribution in [0.15, 0.2) is 0 Å². The van der Waals surface area contributed by atoms with E-state index < -0.39 is 0 Å². The molecule has 1 aliphatic rings. The Morgan fingerprint density at radius 1 is 1.07 bits per heavy atom. The summed E-state index contributed by atoms with van der Waals surface area (Å²) < 4.78 is 0. The van der Waals surface area contributed by atoms with Gasteiger partial charge in [-0.25, -0.2) is 0 Å². The first kappa shape index (κ1) is 11.4. The van der Waals surface area contributed by atoms with E-state index in [0.717, 1.165) is 49.2 Å². The molecular weight excluding hydrogens is 216 g/mol. The number of Topliss-reactive ketones (excluding diaryl/α,β-unsaturated/α-hetero) is 1. The highest BCUT2D eigenvalue weighted by Crippen LogP contribution is 2.29. The smallest absolute Gasteiger partial charge is 0.160 e. The highest BCUT2D eigenvalue weighted by molar-refractivity contribution is 8.06. The van der Waals surface area contributed by atoms with Crippen LogP contribution in [0.4, 0.5) is 0 Å². The van der Waals surface area contributed by atoms with Gasteiger partial charge in [-0.05, 0) is 36.4 Å². The monoisotopic (exact) mass is 226 g/mol. The van der Waals surface area contributed by atoms with Crippen molar-refractivity contribution in [1.82, 2.24) is 0 Å². The fraction of sp³-hybridized carbons (Fsp3) is 0.667. The van der Waals surface area contributed by atoms with Gasteiger partial charge in [0, 0.05) is 0 Å². The van der Waals surface area contributed by atoms with Crippen molar-refractivity contribution in [2.24, 2.45) is 0 Å². The van der Waals surface area contributed by atoms with Crippen molar-refractivity contribution < 1.29 is 4.79 Å². The third kappa shape index (κ3) is 2.94. The number of thioether (sulfide) groups is 2. The molecular formula is C9H10N2OS2. The van der Waals surface area contributed by atoms with E-state index in [0.29, 0.717) is 0 Å². The molecule has 74 valence electrons. The Labute approximate surface area is 91.8 Å². The van der Waals surface area contributed by atoms with Crippen LogP contribution >= 0.6 is 23.5 Å². The fourth-order valence-corrected chi connectivity index (χ4v) is 2.98. The zero-order chi connectivity index (χ0) is 10.4. The number of nitriles is 2. The summed E-state index contributed by atoms with van der Waals surface area (Å²) in [5.74, 6) is 0.0700. The molecule has 3 nitrogen and oxygen atoms in total. The van der Waals surface area contributed by atoms with E-state index in [1.807, 2.05) is 10.8 Å². The summed E-state index contributed by atoms with van der Waals surface area (Å²) in [6.45, 7) is 0. The van der Waals surface area contributed by atoms with Crippen molar-refractivity contribution in [2.45, 2.75) is 36.2 Å². The van der Waals surface area contributed by atoms with Gasteiger partial charge in [-0.3, -0.25) is 4.79 Å². The molecule has 1 rings (SSSR count). The second-order valence-electron chi connectivity index (χ2n) is 3.08. The average molecular weight is 226 g/mol. The number of rotatable bonds is 2. The number of hydrogen-bond acceptors (Lipinski definition) is 5. The molecule has 0 aliphatic heterocycles. The van der Waals surface area contributed by atoms with Crippen molar-refractivity contribution in [3.8, 4) is 10.8 Å². The van der Waals surface area contributed by atoms with Gasteiger partial charge in [0.15, 0.2) is 5.78 Å². The van der Waals surface area contributed by atoms with Crippen LogP contribution in [0.5, 0.6) is 0 Å². The molecule has 2 atom stereocenters. The van der Waals surface area contributed by atoms with Crippen LogP contribution < -0.4 is 0 Å². The van der Waals surface area contributed by atoms with E-state index in [9.17, 15) is 4.79 Å². The Bertz CT molecular complexity index is 264. The van der Waals surface area contributed by atoms with E-state index in [1.165, 1.54) is 0 Å². The van der Waals surface area contributed by atoms with Crippen molar-refractivity contribution >= 4 is 29.3 Å². The highest BCUT2D eigenvalue weighted by Gasteiger charge is 2.30. The van der Waals surface area contributed by atoms with E-state index >= 15 is 0 Å². The van der Waals surface area contributed by atoms with Gasteiger partial charge in [-0.1, -0.05) is 12.8 Å². The van der Waals surface area contributed by atoms with Crippen molar-refractivity contribution in [1.29, 1.82) is 10.5 Å². The SMILES string of the molecule is N#CS[C@@H]1CCCC[C@@H](SC#N)C1=O. The third-order valence-electron chi connectivity index (χ3n) is 2.21. The van der Waals surface area contributed by atoms with Gasteiger partial charge < -0.3 is 0 Å². The maximum Gasteiger partial charge on any atom is 0.160 e. The molecule has 0 heterocycles. The average Bonchev–Trinajstić information content (AvgIpc) is 2.34. The molecule has 0 N–H and O–H groups in total. The van der Waals surface area contributed by atoms with Gasteiger partial charge in [-0.2, -0.15) is 10.5 Å². The Morgan fingerprint density at radius 2 is 1.50 bits per heavy atom. The van der Waals surface area contributed by atoms with Gasteiger partial charge >= 0.3 is 0 Å². The first-order chi connectivity index (χ1) is 6.79. The van der Waals surface area contributed by atoms with Crippen LogP contribution in [0, 0.1) is 21.3 Å².